The lowest BCUT2D eigenvalue weighted by atomic mass is 9.95. The Bertz CT molecular complexity index is 421. The SMILES string of the molecule is COc1cc(NC2CC3CCC2C3)ccc1F. The van der Waals surface area contributed by atoms with Gasteiger partial charge in [-0.3, -0.25) is 0 Å². The van der Waals surface area contributed by atoms with E-state index in [0.29, 0.717) is 11.8 Å². The maximum Gasteiger partial charge on any atom is 0.165 e. The molecule has 0 heterocycles. The molecule has 1 aromatic rings. The second kappa shape index (κ2) is 4.21. The van der Waals surface area contributed by atoms with E-state index in [1.165, 1.54) is 38.9 Å². The van der Waals surface area contributed by atoms with Gasteiger partial charge in [-0.2, -0.15) is 0 Å². The van der Waals surface area contributed by atoms with Gasteiger partial charge in [0.15, 0.2) is 11.6 Å². The van der Waals surface area contributed by atoms with Crippen molar-refractivity contribution in [3.63, 3.8) is 0 Å². The van der Waals surface area contributed by atoms with Crippen LogP contribution in [0.15, 0.2) is 18.2 Å². The number of benzene rings is 1. The van der Waals surface area contributed by atoms with Crippen LogP contribution in [-0.4, -0.2) is 13.2 Å². The van der Waals surface area contributed by atoms with Gasteiger partial charge in [0.1, 0.15) is 0 Å². The molecule has 3 heteroatoms. The highest BCUT2D eigenvalue weighted by Crippen LogP contribution is 2.45. The number of nitrogens with one attached hydrogen (secondary N) is 1. The maximum absolute atomic E-state index is 13.3. The van der Waals surface area contributed by atoms with Crippen molar-refractivity contribution in [3.8, 4) is 5.75 Å². The van der Waals surface area contributed by atoms with Crippen molar-refractivity contribution < 1.29 is 9.13 Å². The Morgan fingerprint density at radius 2 is 2.18 bits per heavy atom. The number of hydrogen-bond acceptors (Lipinski definition) is 2. The number of halogens is 1. The summed E-state index contributed by atoms with van der Waals surface area (Å²) in [6.45, 7) is 0. The van der Waals surface area contributed by atoms with E-state index in [1.54, 1.807) is 12.1 Å². The molecule has 2 saturated carbocycles. The maximum atomic E-state index is 13.3. The van der Waals surface area contributed by atoms with E-state index < -0.39 is 0 Å². The average Bonchev–Trinajstić information content (AvgIpc) is 2.93. The van der Waals surface area contributed by atoms with E-state index in [9.17, 15) is 4.39 Å². The molecule has 0 aliphatic heterocycles. The van der Waals surface area contributed by atoms with E-state index in [4.69, 9.17) is 4.74 Å². The van der Waals surface area contributed by atoms with Crippen LogP contribution in [0.3, 0.4) is 0 Å². The van der Waals surface area contributed by atoms with E-state index in [0.717, 1.165) is 17.5 Å². The Balaban J connectivity index is 1.73. The molecular formula is C14H18FNO. The lowest BCUT2D eigenvalue weighted by molar-refractivity contribution is 0.386. The first-order valence-corrected chi connectivity index (χ1v) is 6.36. The number of ether oxygens (including phenoxy) is 1. The third kappa shape index (κ3) is 1.99. The van der Waals surface area contributed by atoms with Crippen LogP contribution < -0.4 is 10.1 Å². The van der Waals surface area contributed by atoms with Crippen LogP contribution >= 0.6 is 0 Å². The predicted octanol–water partition coefficient (Wildman–Crippen LogP) is 3.43. The molecule has 3 unspecified atom stereocenters. The molecule has 0 amide bonds. The number of rotatable bonds is 3. The van der Waals surface area contributed by atoms with Crippen molar-refractivity contribution in [2.45, 2.75) is 31.7 Å². The fourth-order valence-electron chi connectivity index (χ4n) is 3.39. The number of fused-ring (bicyclic) bond motifs is 2. The van der Waals surface area contributed by atoms with E-state index in [2.05, 4.69) is 5.32 Å². The summed E-state index contributed by atoms with van der Waals surface area (Å²) in [5, 5.41) is 3.53. The van der Waals surface area contributed by atoms with Crippen LogP contribution in [0.2, 0.25) is 0 Å². The zero-order chi connectivity index (χ0) is 11.8. The average molecular weight is 235 g/mol. The van der Waals surface area contributed by atoms with Gasteiger partial charge < -0.3 is 10.1 Å². The van der Waals surface area contributed by atoms with E-state index in [-0.39, 0.29) is 5.82 Å². The Labute approximate surface area is 101 Å². The highest BCUT2D eigenvalue weighted by molar-refractivity contribution is 5.49. The molecule has 2 aliphatic carbocycles. The minimum Gasteiger partial charge on any atom is -0.494 e. The molecule has 2 bridgehead atoms. The summed E-state index contributed by atoms with van der Waals surface area (Å²) in [5.74, 6) is 1.75. The molecule has 1 aromatic carbocycles. The first-order chi connectivity index (χ1) is 8.26. The van der Waals surface area contributed by atoms with Crippen molar-refractivity contribution in [2.24, 2.45) is 11.8 Å². The summed E-state index contributed by atoms with van der Waals surface area (Å²) in [5.41, 5.74) is 0.973. The fourth-order valence-corrected chi connectivity index (χ4v) is 3.39. The van der Waals surface area contributed by atoms with Crippen LogP contribution in [0, 0.1) is 17.7 Å². The van der Waals surface area contributed by atoms with Crippen LogP contribution in [0.4, 0.5) is 10.1 Å². The molecule has 3 rings (SSSR count). The molecule has 1 N–H and O–H groups in total. The number of anilines is 1. The summed E-state index contributed by atoms with van der Waals surface area (Å²) in [6.07, 6.45) is 5.39. The molecule has 0 spiro atoms. The number of methoxy groups -OCH3 is 1. The second-order valence-electron chi connectivity index (χ2n) is 5.28. The van der Waals surface area contributed by atoms with Gasteiger partial charge in [-0.15, -0.1) is 0 Å². The highest BCUT2D eigenvalue weighted by Gasteiger charge is 2.39. The summed E-state index contributed by atoms with van der Waals surface area (Å²) >= 11 is 0. The van der Waals surface area contributed by atoms with Gasteiger partial charge in [0.2, 0.25) is 0 Å². The van der Waals surface area contributed by atoms with E-state index in [1.807, 2.05) is 0 Å². The molecule has 3 atom stereocenters. The van der Waals surface area contributed by atoms with Gasteiger partial charge in [-0.25, -0.2) is 4.39 Å². The topological polar surface area (TPSA) is 21.3 Å². The van der Waals surface area contributed by atoms with Gasteiger partial charge in [0, 0.05) is 17.8 Å². The zero-order valence-electron chi connectivity index (χ0n) is 10.1. The lowest BCUT2D eigenvalue weighted by Crippen LogP contribution is -2.25. The minimum absolute atomic E-state index is 0.300. The minimum atomic E-state index is -0.300. The second-order valence-corrected chi connectivity index (χ2v) is 5.28. The van der Waals surface area contributed by atoms with Crippen molar-refractivity contribution in [1.82, 2.24) is 0 Å². The van der Waals surface area contributed by atoms with Crippen molar-refractivity contribution in [2.75, 3.05) is 12.4 Å². The molecule has 2 fully saturated rings. The Kier molecular flexibility index (Phi) is 2.69. The first kappa shape index (κ1) is 10.9. The first-order valence-electron chi connectivity index (χ1n) is 6.36. The molecule has 2 nitrogen and oxygen atoms in total. The lowest BCUT2D eigenvalue weighted by Gasteiger charge is -2.24. The quantitative estimate of drug-likeness (QED) is 0.866. The third-order valence-electron chi connectivity index (χ3n) is 4.24. The van der Waals surface area contributed by atoms with Gasteiger partial charge in [0.25, 0.3) is 0 Å². The van der Waals surface area contributed by atoms with Crippen molar-refractivity contribution >= 4 is 5.69 Å². The molecule has 17 heavy (non-hydrogen) atoms. The van der Waals surface area contributed by atoms with Gasteiger partial charge >= 0.3 is 0 Å². The van der Waals surface area contributed by atoms with Crippen LogP contribution in [0.1, 0.15) is 25.7 Å². The molecule has 2 aliphatic rings. The smallest absolute Gasteiger partial charge is 0.165 e. The number of hydrogen-bond donors (Lipinski definition) is 1. The van der Waals surface area contributed by atoms with Crippen LogP contribution in [0.25, 0.3) is 0 Å². The molecule has 0 radical (unpaired) electrons. The summed E-state index contributed by atoms with van der Waals surface area (Å²) in [4.78, 5) is 0. The fraction of sp³-hybridized carbons (Fsp3) is 0.571. The summed E-state index contributed by atoms with van der Waals surface area (Å²) < 4.78 is 18.3. The van der Waals surface area contributed by atoms with Crippen LogP contribution in [0.5, 0.6) is 5.75 Å². The summed E-state index contributed by atoms with van der Waals surface area (Å²) in [6, 6.07) is 5.59. The monoisotopic (exact) mass is 235 g/mol. The van der Waals surface area contributed by atoms with Crippen molar-refractivity contribution in [3.05, 3.63) is 24.0 Å². The van der Waals surface area contributed by atoms with Gasteiger partial charge in [-0.1, -0.05) is 6.42 Å². The largest absolute Gasteiger partial charge is 0.494 e. The van der Waals surface area contributed by atoms with Crippen molar-refractivity contribution in [1.29, 1.82) is 0 Å². The molecule has 0 saturated heterocycles. The Morgan fingerprint density at radius 3 is 2.82 bits per heavy atom. The molecule has 92 valence electrons. The third-order valence-corrected chi connectivity index (χ3v) is 4.24. The van der Waals surface area contributed by atoms with E-state index >= 15 is 0 Å². The highest BCUT2D eigenvalue weighted by atomic mass is 19.1. The molecule has 0 aromatic heterocycles. The van der Waals surface area contributed by atoms with Gasteiger partial charge in [-0.05, 0) is 43.2 Å². The van der Waals surface area contributed by atoms with Gasteiger partial charge in [0.05, 0.1) is 7.11 Å². The zero-order valence-corrected chi connectivity index (χ0v) is 10.1. The normalized spacial score (nSPS) is 30.6. The summed E-state index contributed by atoms with van der Waals surface area (Å²) in [7, 11) is 1.50. The standard InChI is InChI=1S/C14H18FNO/c1-17-14-8-11(4-5-12(14)15)16-13-7-9-2-3-10(13)6-9/h4-5,8-10,13,16H,2-3,6-7H2,1H3. The van der Waals surface area contributed by atoms with Crippen LogP contribution in [-0.2, 0) is 0 Å². The predicted molar refractivity (Wildman–Crippen MR) is 65.8 cm³/mol. The Hall–Kier alpha value is -1.25. The molecular weight excluding hydrogens is 217 g/mol. The Morgan fingerprint density at radius 1 is 1.29 bits per heavy atom.